The van der Waals surface area contributed by atoms with E-state index < -0.39 is 5.60 Å². The van der Waals surface area contributed by atoms with Crippen molar-refractivity contribution < 1.29 is 18.7 Å². The van der Waals surface area contributed by atoms with Gasteiger partial charge in [0.1, 0.15) is 24.6 Å². The van der Waals surface area contributed by atoms with Crippen LogP contribution in [0.15, 0.2) is 22.8 Å². The molecule has 84 valence electrons. The van der Waals surface area contributed by atoms with Crippen molar-refractivity contribution in [1.29, 1.82) is 0 Å². The number of furan rings is 1. The Balaban J connectivity index is 2.18. The second-order valence-corrected chi connectivity index (χ2v) is 4.16. The standard InChI is InChI=1S/C11H16O4/c1-11(2,3)15-10(12)8-13-7-9-5-4-6-14-9/h4-6H,7-8H2,1-3H3. The summed E-state index contributed by atoms with van der Waals surface area (Å²) in [6.07, 6.45) is 1.56. The highest BCUT2D eigenvalue weighted by molar-refractivity contribution is 5.71. The van der Waals surface area contributed by atoms with Crippen LogP contribution in [-0.4, -0.2) is 18.2 Å². The molecular formula is C11H16O4. The smallest absolute Gasteiger partial charge is 0.332 e. The highest BCUT2D eigenvalue weighted by Crippen LogP contribution is 2.07. The van der Waals surface area contributed by atoms with E-state index in [4.69, 9.17) is 13.9 Å². The zero-order chi connectivity index (χ0) is 11.3. The van der Waals surface area contributed by atoms with Crippen LogP contribution in [0.1, 0.15) is 26.5 Å². The lowest BCUT2D eigenvalue weighted by atomic mass is 10.2. The number of hydrogen-bond acceptors (Lipinski definition) is 4. The molecule has 0 saturated heterocycles. The summed E-state index contributed by atoms with van der Waals surface area (Å²) in [6, 6.07) is 3.56. The van der Waals surface area contributed by atoms with Gasteiger partial charge in [0.15, 0.2) is 0 Å². The summed E-state index contributed by atoms with van der Waals surface area (Å²) in [6.45, 7) is 5.68. The van der Waals surface area contributed by atoms with Gasteiger partial charge < -0.3 is 13.9 Å². The Morgan fingerprint density at radius 2 is 2.20 bits per heavy atom. The average molecular weight is 212 g/mol. The molecule has 0 aliphatic heterocycles. The molecule has 0 unspecified atom stereocenters. The molecule has 0 atom stereocenters. The molecule has 0 aromatic carbocycles. The monoisotopic (exact) mass is 212 g/mol. The molecule has 15 heavy (non-hydrogen) atoms. The second-order valence-electron chi connectivity index (χ2n) is 4.16. The van der Waals surface area contributed by atoms with E-state index >= 15 is 0 Å². The predicted octanol–water partition coefficient (Wildman–Crippen LogP) is 2.14. The lowest BCUT2D eigenvalue weighted by molar-refractivity contribution is -0.160. The van der Waals surface area contributed by atoms with Crippen molar-refractivity contribution in [2.24, 2.45) is 0 Å². The topological polar surface area (TPSA) is 48.7 Å². The van der Waals surface area contributed by atoms with Gasteiger partial charge in [-0.1, -0.05) is 0 Å². The Morgan fingerprint density at radius 3 is 2.73 bits per heavy atom. The maximum Gasteiger partial charge on any atom is 0.332 e. The molecule has 0 aliphatic carbocycles. The van der Waals surface area contributed by atoms with Crippen LogP contribution in [0.5, 0.6) is 0 Å². The molecule has 0 aliphatic rings. The van der Waals surface area contributed by atoms with Gasteiger partial charge in [-0.25, -0.2) is 4.79 Å². The first-order valence-corrected chi connectivity index (χ1v) is 4.79. The van der Waals surface area contributed by atoms with Crippen LogP contribution in [0.2, 0.25) is 0 Å². The van der Waals surface area contributed by atoms with Gasteiger partial charge in [-0.05, 0) is 32.9 Å². The van der Waals surface area contributed by atoms with Crippen LogP contribution < -0.4 is 0 Å². The molecule has 0 saturated carbocycles. The van der Waals surface area contributed by atoms with Gasteiger partial charge in [0.05, 0.1) is 6.26 Å². The van der Waals surface area contributed by atoms with Crippen LogP contribution in [0.25, 0.3) is 0 Å². The second kappa shape index (κ2) is 4.98. The van der Waals surface area contributed by atoms with Crippen molar-refractivity contribution in [2.45, 2.75) is 33.0 Å². The Morgan fingerprint density at radius 1 is 1.47 bits per heavy atom. The fourth-order valence-electron chi connectivity index (χ4n) is 1.00. The first-order valence-electron chi connectivity index (χ1n) is 4.79. The molecule has 0 spiro atoms. The van der Waals surface area contributed by atoms with Gasteiger partial charge in [-0.2, -0.15) is 0 Å². The predicted molar refractivity (Wildman–Crippen MR) is 54.2 cm³/mol. The summed E-state index contributed by atoms with van der Waals surface area (Å²) in [5.41, 5.74) is -0.467. The summed E-state index contributed by atoms with van der Waals surface area (Å²) in [7, 11) is 0. The molecule has 0 bridgehead atoms. The highest BCUT2D eigenvalue weighted by Gasteiger charge is 2.16. The van der Waals surface area contributed by atoms with Gasteiger partial charge in [0.25, 0.3) is 0 Å². The number of rotatable bonds is 4. The van der Waals surface area contributed by atoms with Crippen LogP contribution >= 0.6 is 0 Å². The van der Waals surface area contributed by atoms with Crippen molar-refractivity contribution >= 4 is 5.97 Å². The van der Waals surface area contributed by atoms with Crippen LogP contribution in [0.4, 0.5) is 0 Å². The van der Waals surface area contributed by atoms with Gasteiger partial charge in [0, 0.05) is 0 Å². The van der Waals surface area contributed by atoms with Gasteiger partial charge >= 0.3 is 5.97 Å². The van der Waals surface area contributed by atoms with Crippen LogP contribution in [-0.2, 0) is 20.9 Å². The minimum absolute atomic E-state index is 0.0576. The lowest BCUT2D eigenvalue weighted by Gasteiger charge is -2.19. The molecule has 0 fully saturated rings. The number of esters is 1. The third-order valence-electron chi connectivity index (χ3n) is 1.46. The van der Waals surface area contributed by atoms with E-state index in [1.807, 2.05) is 20.8 Å². The molecule has 1 aromatic heterocycles. The molecule has 4 nitrogen and oxygen atoms in total. The molecule has 1 heterocycles. The van der Waals surface area contributed by atoms with E-state index in [1.54, 1.807) is 18.4 Å². The van der Waals surface area contributed by atoms with Crippen molar-refractivity contribution in [3.8, 4) is 0 Å². The summed E-state index contributed by atoms with van der Waals surface area (Å²) >= 11 is 0. The quantitative estimate of drug-likeness (QED) is 0.717. The summed E-state index contributed by atoms with van der Waals surface area (Å²) in [5, 5.41) is 0. The minimum atomic E-state index is -0.467. The van der Waals surface area contributed by atoms with Crippen molar-refractivity contribution in [3.63, 3.8) is 0 Å². The average Bonchev–Trinajstić information content (AvgIpc) is 2.53. The van der Waals surface area contributed by atoms with Crippen molar-refractivity contribution in [1.82, 2.24) is 0 Å². The van der Waals surface area contributed by atoms with E-state index in [0.717, 1.165) is 0 Å². The third-order valence-corrected chi connectivity index (χ3v) is 1.46. The van der Waals surface area contributed by atoms with E-state index in [9.17, 15) is 4.79 Å². The first kappa shape index (κ1) is 11.8. The molecule has 0 radical (unpaired) electrons. The van der Waals surface area contributed by atoms with E-state index in [1.165, 1.54) is 0 Å². The molecule has 1 rings (SSSR count). The van der Waals surface area contributed by atoms with Crippen LogP contribution in [0.3, 0.4) is 0 Å². The summed E-state index contributed by atoms with van der Waals surface area (Å²) < 4.78 is 15.2. The van der Waals surface area contributed by atoms with E-state index in [2.05, 4.69) is 0 Å². The highest BCUT2D eigenvalue weighted by atomic mass is 16.6. The zero-order valence-corrected chi connectivity index (χ0v) is 9.28. The number of carbonyl (C=O) groups excluding carboxylic acids is 1. The van der Waals surface area contributed by atoms with Gasteiger partial charge in [-0.15, -0.1) is 0 Å². The molecule has 0 N–H and O–H groups in total. The Labute approximate surface area is 89.2 Å². The maximum atomic E-state index is 11.2. The number of hydrogen-bond donors (Lipinski definition) is 0. The minimum Gasteiger partial charge on any atom is -0.467 e. The fraction of sp³-hybridized carbons (Fsp3) is 0.545. The van der Waals surface area contributed by atoms with Crippen molar-refractivity contribution in [2.75, 3.05) is 6.61 Å². The van der Waals surface area contributed by atoms with E-state index in [-0.39, 0.29) is 19.2 Å². The third kappa shape index (κ3) is 5.22. The fourth-order valence-corrected chi connectivity index (χ4v) is 1.00. The largest absolute Gasteiger partial charge is 0.467 e. The Hall–Kier alpha value is -1.29. The normalized spacial score (nSPS) is 11.4. The number of carbonyl (C=O) groups is 1. The number of ether oxygens (including phenoxy) is 2. The van der Waals surface area contributed by atoms with Gasteiger partial charge in [-0.3, -0.25) is 0 Å². The summed E-state index contributed by atoms with van der Waals surface area (Å²) in [5.74, 6) is 0.326. The van der Waals surface area contributed by atoms with Crippen molar-refractivity contribution in [3.05, 3.63) is 24.2 Å². The molecule has 0 amide bonds. The Bertz CT molecular complexity index is 295. The molecule has 1 aromatic rings. The zero-order valence-electron chi connectivity index (χ0n) is 9.28. The van der Waals surface area contributed by atoms with Crippen LogP contribution in [0, 0.1) is 0 Å². The SMILES string of the molecule is CC(C)(C)OC(=O)COCc1ccco1. The first-order chi connectivity index (χ1) is 6.97. The van der Waals surface area contributed by atoms with E-state index in [0.29, 0.717) is 5.76 Å². The summed E-state index contributed by atoms with van der Waals surface area (Å²) in [4.78, 5) is 11.2. The van der Waals surface area contributed by atoms with Gasteiger partial charge in [0.2, 0.25) is 0 Å². The maximum absolute atomic E-state index is 11.2. The molecule has 4 heteroatoms. The Kier molecular flexibility index (Phi) is 3.91. The lowest BCUT2D eigenvalue weighted by Crippen LogP contribution is -2.26. The molecular weight excluding hydrogens is 196 g/mol.